The Morgan fingerprint density at radius 1 is 0.556 bits per heavy atom. The summed E-state index contributed by atoms with van der Waals surface area (Å²) in [6, 6.07) is 11.9. The normalized spacial score (nSPS) is 18.2. The molecule has 1 aliphatic carbocycles. The number of fused-ring (bicyclic) bond motifs is 3. The lowest BCUT2D eigenvalue weighted by atomic mass is 10.1. The standard InChI is InChI=1S/C31H42N2O3/c34-31-29-23-25(35-21-9-7-19-32-15-3-1-4-16-32)11-13-27(29)28-14-12-26(24-30(28)31)36-22-10-8-20-33-17-5-2-6-18-33/h11-14,23-24H,1-10,15-22H2. The van der Waals surface area contributed by atoms with Gasteiger partial charge in [0.25, 0.3) is 0 Å². The molecule has 0 saturated carbocycles. The minimum Gasteiger partial charge on any atom is -0.494 e. The molecule has 2 aromatic rings. The van der Waals surface area contributed by atoms with Crippen molar-refractivity contribution in [3.63, 3.8) is 0 Å². The molecule has 0 unspecified atom stereocenters. The van der Waals surface area contributed by atoms with Crippen LogP contribution in [0.5, 0.6) is 11.5 Å². The summed E-state index contributed by atoms with van der Waals surface area (Å²) in [7, 11) is 0. The Morgan fingerprint density at radius 2 is 1.00 bits per heavy atom. The van der Waals surface area contributed by atoms with E-state index in [4.69, 9.17) is 9.47 Å². The first kappa shape index (κ1) is 25.3. The monoisotopic (exact) mass is 490 g/mol. The van der Waals surface area contributed by atoms with Crippen molar-refractivity contribution < 1.29 is 14.3 Å². The van der Waals surface area contributed by atoms with E-state index in [1.807, 2.05) is 36.4 Å². The molecule has 0 spiro atoms. The number of carbonyl (C=O) groups excluding carboxylic acids is 1. The van der Waals surface area contributed by atoms with E-state index in [1.54, 1.807) is 0 Å². The molecule has 0 radical (unpaired) electrons. The summed E-state index contributed by atoms with van der Waals surface area (Å²) in [5.74, 6) is 1.65. The van der Waals surface area contributed by atoms with Crippen molar-refractivity contribution in [2.24, 2.45) is 0 Å². The smallest absolute Gasteiger partial charge is 0.194 e. The van der Waals surface area contributed by atoms with Crippen LogP contribution in [0.3, 0.4) is 0 Å². The fourth-order valence-electron chi connectivity index (χ4n) is 5.84. The Kier molecular flexibility index (Phi) is 8.95. The maximum atomic E-state index is 13.2. The van der Waals surface area contributed by atoms with Gasteiger partial charge in [-0.3, -0.25) is 4.79 Å². The Hall–Kier alpha value is -2.37. The summed E-state index contributed by atoms with van der Waals surface area (Å²) in [6.07, 6.45) is 12.5. The molecule has 2 aromatic carbocycles. The van der Waals surface area contributed by atoms with Gasteiger partial charge in [0.15, 0.2) is 5.78 Å². The summed E-state index contributed by atoms with van der Waals surface area (Å²) >= 11 is 0. The fourth-order valence-corrected chi connectivity index (χ4v) is 5.84. The highest BCUT2D eigenvalue weighted by molar-refractivity contribution is 6.22. The highest BCUT2D eigenvalue weighted by atomic mass is 16.5. The van der Waals surface area contributed by atoms with E-state index < -0.39 is 0 Å². The second-order valence-electron chi connectivity index (χ2n) is 10.7. The van der Waals surface area contributed by atoms with Crippen LogP contribution in [0.2, 0.25) is 0 Å². The number of nitrogens with zero attached hydrogens (tertiary/aromatic N) is 2. The minimum absolute atomic E-state index is 0.0751. The molecule has 5 rings (SSSR count). The molecule has 2 fully saturated rings. The molecule has 2 aliphatic heterocycles. The molecule has 194 valence electrons. The lowest BCUT2D eigenvalue weighted by molar-refractivity contribution is 0.104. The Morgan fingerprint density at radius 3 is 1.44 bits per heavy atom. The van der Waals surface area contributed by atoms with Crippen molar-refractivity contribution in [3.8, 4) is 22.6 Å². The molecule has 3 aliphatic rings. The lowest BCUT2D eigenvalue weighted by Gasteiger charge is -2.26. The Labute approximate surface area is 216 Å². The number of hydrogen-bond acceptors (Lipinski definition) is 5. The average Bonchev–Trinajstić information content (AvgIpc) is 3.20. The number of likely N-dealkylation sites (tertiary alicyclic amines) is 2. The molecule has 2 heterocycles. The first-order valence-corrected chi connectivity index (χ1v) is 14.3. The van der Waals surface area contributed by atoms with E-state index in [0.717, 1.165) is 59.4 Å². The van der Waals surface area contributed by atoms with Gasteiger partial charge in [0.05, 0.1) is 13.2 Å². The van der Waals surface area contributed by atoms with Gasteiger partial charge < -0.3 is 19.3 Å². The summed E-state index contributed by atoms with van der Waals surface area (Å²) in [4.78, 5) is 18.3. The Balaban J connectivity index is 1.07. The van der Waals surface area contributed by atoms with Crippen LogP contribution in [0, 0.1) is 0 Å². The second-order valence-corrected chi connectivity index (χ2v) is 10.7. The molecule has 0 N–H and O–H groups in total. The zero-order valence-electron chi connectivity index (χ0n) is 21.8. The zero-order valence-corrected chi connectivity index (χ0v) is 21.8. The summed E-state index contributed by atoms with van der Waals surface area (Å²) in [5.41, 5.74) is 3.49. The third kappa shape index (κ3) is 6.49. The van der Waals surface area contributed by atoms with Crippen LogP contribution < -0.4 is 9.47 Å². The van der Waals surface area contributed by atoms with E-state index in [-0.39, 0.29) is 5.78 Å². The van der Waals surface area contributed by atoms with E-state index >= 15 is 0 Å². The summed E-state index contributed by atoms with van der Waals surface area (Å²) < 4.78 is 12.0. The van der Waals surface area contributed by atoms with Crippen molar-refractivity contribution in [1.29, 1.82) is 0 Å². The van der Waals surface area contributed by atoms with Crippen LogP contribution in [0.1, 0.15) is 80.1 Å². The van der Waals surface area contributed by atoms with Gasteiger partial charge >= 0.3 is 0 Å². The van der Waals surface area contributed by atoms with Crippen molar-refractivity contribution in [3.05, 3.63) is 47.5 Å². The Bertz CT molecular complexity index is 929. The van der Waals surface area contributed by atoms with E-state index in [2.05, 4.69) is 9.80 Å². The van der Waals surface area contributed by atoms with Crippen molar-refractivity contribution in [1.82, 2.24) is 9.80 Å². The molecular weight excluding hydrogens is 448 g/mol. The van der Waals surface area contributed by atoms with Crippen molar-refractivity contribution in [2.75, 3.05) is 52.5 Å². The van der Waals surface area contributed by atoms with Gasteiger partial charge in [0, 0.05) is 11.1 Å². The largest absolute Gasteiger partial charge is 0.494 e. The van der Waals surface area contributed by atoms with Gasteiger partial charge in [-0.1, -0.05) is 12.8 Å². The summed E-state index contributed by atoms with van der Waals surface area (Å²) in [6.45, 7) is 8.74. The number of hydrogen-bond donors (Lipinski definition) is 0. The first-order chi connectivity index (χ1) is 17.8. The molecule has 5 heteroatoms. The predicted octanol–water partition coefficient (Wildman–Crippen LogP) is 6.19. The fraction of sp³-hybridized carbons (Fsp3) is 0.581. The molecule has 0 bridgehead atoms. The molecule has 36 heavy (non-hydrogen) atoms. The van der Waals surface area contributed by atoms with Gasteiger partial charge in [-0.25, -0.2) is 0 Å². The topological polar surface area (TPSA) is 42.0 Å². The summed E-state index contributed by atoms with van der Waals surface area (Å²) in [5, 5.41) is 0. The third-order valence-corrected chi connectivity index (χ3v) is 7.93. The molecule has 0 amide bonds. The van der Waals surface area contributed by atoms with Gasteiger partial charge in [-0.05, 0) is 138 Å². The van der Waals surface area contributed by atoms with Crippen LogP contribution >= 0.6 is 0 Å². The van der Waals surface area contributed by atoms with Crippen LogP contribution in [-0.4, -0.2) is 68.1 Å². The highest BCUT2D eigenvalue weighted by Gasteiger charge is 2.27. The maximum Gasteiger partial charge on any atom is 0.194 e. The number of rotatable bonds is 12. The van der Waals surface area contributed by atoms with Crippen molar-refractivity contribution >= 4 is 5.78 Å². The molecule has 0 atom stereocenters. The van der Waals surface area contributed by atoms with Gasteiger partial charge in [0.2, 0.25) is 0 Å². The van der Waals surface area contributed by atoms with E-state index in [1.165, 1.54) is 77.8 Å². The second kappa shape index (κ2) is 12.7. The van der Waals surface area contributed by atoms with Crippen LogP contribution in [0.15, 0.2) is 36.4 Å². The quantitative estimate of drug-likeness (QED) is 0.283. The minimum atomic E-state index is 0.0751. The number of benzene rings is 2. The molecule has 5 nitrogen and oxygen atoms in total. The number of piperidine rings is 2. The van der Waals surface area contributed by atoms with Crippen molar-refractivity contribution in [2.45, 2.75) is 64.2 Å². The average molecular weight is 491 g/mol. The molecule has 0 aromatic heterocycles. The number of ketones is 1. The van der Waals surface area contributed by atoms with Gasteiger partial charge in [-0.15, -0.1) is 0 Å². The predicted molar refractivity (Wildman–Crippen MR) is 145 cm³/mol. The number of ether oxygens (including phenoxy) is 2. The first-order valence-electron chi connectivity index (χ1n) is 14.3. The lowest BCUT2D eigenvalue weighted by Crippen LogP contribution is -2.30. The molecular formula is C31H42N2O3. The number of unbranched alkanes of at least 4 members (excludes halogenated alkanes) is 2. The molecule has 2 saturated heterocycles. The van der Waals surface area contributed by atoms with E-state index in [0.29, 0.717) is 13.2 Å². The van der Waals surface area contributed by atoms with Crippen LogP contribution in [-0.2, 0) is 0 Å². The van der Waals surface area contributed by atoms with Gasteiger partial charge in [-0.2, -0.15) is 0 Å². The van der Waals surface area contributed by atoms with Gasteiger partial charge in [0.1, 0.15) is 11.5 Å². The SMILES string of the molecule is O=C1c2cc(OCCCCN3CCCCC3)ccc2-c2ccc(OCCCCN3CCCCC3)cc21. The zero-order chi connectivity index (χ0) is 24.6. The van der Waals surface area contributed by atoms with E-state index in [9.17, 15) is 4.79 Å². The maximum absolute atomic E-state index is 13.2. The van der Waals surface area contributed by atoms with Crippen LogP contribution in [0.4, 0.5) is 0 Å². The van der Waals surface area contributed by atoms with Crippen LogP contribution in [0.25, 0.3) is 11.1 Å². The highest BCUT2D eigenvalue weighted by Crippen LogP contribution is 2.40. The third-order valence-electron chi connectivity index (χ3n) is 7.93. The number of carbonyl (C=O) groups is 1.